The fraction of sp³-hybridized carbons (Fsp3) is 0.800. The van der Waals surface area contributed by atoms with Crippen LogP contribution >= 0.6 is 7.82 Å². The second-order valence-electron chi connectivity index (χ2n) is 18.7. The zero-order valence-corrected chi connectivity index (χ0v) is 43.5. The lowest BCUT2D eigenvalue weighted by atomic mass is 9.85. The van der Waals surface area contributed by atoms with E-state index in [9.17, 15) is 39.8 Å². The van der Waals surface area contributed by atoms with Crippen LogP contribution in [-0.2, 0) is 27.9 Å². The second-order valence-corrected chi connectivity index (χ2v) is 20.1. The summed E-state index contributed by atoms with van der Waals surface area (Å²) in [6, 6.07) is 0. The second kappa shape index (κ2) is 44.9. The summed E-state index contributed by atoms with van der Waals surface area (Å²) in [6.45, 7) is 4.15. The van der Waals surface area contributed by atoms with Crippen LogP contribution in [0, 0.1) is 0 Å². The van der Waals surface area contributed by atoms with Crippen LogP contribution in [0.5, 0.6) is 0 Å². The first-order valence-corrected chi connectivity index (χ1v) is 28.6. The molecule has 12 nitrogen and oxygen atoms in total. The van der Waals surface area contributed by atoms with Crippen LogP contribution < -0.4 is 0 Å². The Morgan fingerprint density at radius 1 is 0.485 bits per heavy atom. The van der Waals surface area contributed by atoms with Gasteiger partial charge in [-0.15, -0.1) is 0 Å². The molecule has 68 heavy (non-hydrogen) atoms. The van der Waals surface area contributed by atoms with Crippen LogP contribution in [-0.4, -0.2) is 98.9 Å². The quantitative estimate of drug-likeness (QED) is 0.0147. The minimum atomic E-state index is -5.03. The Labute approximate surface area is 413 Å². The van der Waals surface area contributed by atoms with Gasteiger partial charge in [0.1, 0.15) is 42.7 Å². The van der Waals surface area contributed by atoms with Crippen LogP contribution in [0.1, 0.15) is 219 Å². The number of aliphatic hydroxyl groups excluding tert-OH is 5. The standard InChI is InChI=1S/C55H99O12P/c1-3-5-7-9-11-13-15-17-19-21-23-24-25-27-29-31-33-35-37-39-41-43-45-64-46-48(47-65-68(62,63)67-55-53(60)51(58)50(57)52(59)54(55)61)66-49(56)44-42-40-38-36-34-32-30-28-26-22-20-18-16-14-12-10-8-6-4-2/h5,7,11,13,17-20,23-24,48,50-55,57-61H,3-4,6,8-10,12,14-16,21-22,25-47H2,1-2H3,(H,62,63)/b7-5-,13-11-,19-17-,20-18-,24-23-. The maximum atomic E-state index is 12.9. The number of phosphoric ester groups is 1. The molecule has 0 heterocycles. The van der Waals surface area contributed by atoms with Gasteiger partial charge in [-0.25, -0.2) is 4.57 Å². The molecule has 0 aromatic carbocycles. The minimum Gasteiger partial charge on any atom is -0.457 e. The van der Waals surface area contributed by atoms with Crippen molar-refractivity contribution >= 4 is 13.8 Å². The first kappa shape index (κ1) is 64.1. The van der Waals surface area contributed by atoms with Crippen molar-refractivity contribution in [3.8, 4) is 0 Å². The number of carbonyl (C=O) groups excluding carboxylic acids is 1. The number of ether oxygens (including phenoxy) is 2. The highest BCUT2D eigenvalue weighted by Gasteiger charge is 2.51. The number of aliphatic hydroxyl groups is 5. The molecule has 1 aliphatic rings. The van der Waals surface area contributed by atoms with Crippen LogP contribution in [0.3, 0.4) is 0 Å². The molecule has 0 bridgehead atoms. The summed E-state index contributed by atoms with van der Waals surface area (Å²) in [6.07, 6.45) is 45.7. The number of phosphoric acid groups is 1. The van der Waals surface area contributed by atoms with E-state index in [4.69, 9.17) is 18.5 Å². The van der Waals surface area contributed by atoms with E-state index in [2.05, 4.69) is 74.6 Å². The predicted molar refractivity (Wildman–Crippen MR) is 276 cm³/mol. The lowest BCUT2D eigenvalue weighted by Gasteiger charge is -2.41. The number of rotatable bonds is 46. The van der Waals surface area contributed by atoms with E-state index >= 15 is 0 Å². The van der Waals surface area contributed by atoms with Crippen molar-refractivity contribution in [1.82, 2.24) is 0 Å². The normalized spacial score (nSPS) is 21.6. The van der Waals surface area contributed by atoms with Gasteiger partial charge in [0.2, 0.25) is 0 Å². The van der Waals surface area contributed by atoms with Gasteiger partial charge >= 0.3 is 13.8 Å². The first-order chi connectivity index (χ1) is 33.0. The lowest BCUT2D eigenvalue weighted by Crippen LogP contribution is -2.64. The summed E-state index contributed by atoms with van der Waals surface area (Å²) < 4.78 is 34.4. The molecule has 1 rings (SSSR count). The largest absolute Gasteiger partial charge is 0.472 e. The third kappa shape index (κ3) is 36.0. The Kier molecular flexibility index (Phi) is 42.3. The van der Waals surface area contributed by atoms with Crippen molar-refractivity contribution < 1.29 is 58.3 Å². The number of hydrogen-bond donors (Lipinski definition) is 6. The van der Waals surface area contributed by atoms with Crippen LogP contribution in [0.15, 0.2) is 60.8 Å². The molecule has 1 saturated carbocycles. The maximum absolute atomic E-state index is 12.9. The van der Waals surface area contributed by atoms with Gasteiger partial charge in [0.25, 0.3) is 0 Å². The third-order valence-corrected chi connectivity index (χ3v) is 13.4. The molecule has 0 saturated heterocycles. The van der Waals surface area contributed by atoms with Gasteiger partial charge in [0, 0.05) is 13.0 Å². The highest BCUT2D eigenvalue weighted by molar-refractivity contribution is 7.47. The SMILES string of the molecule is CC/C=C\C/C=C\C/C=C\C/C=C\CCCCCCCCCCCOCC(COP(=O)(O)OC1C(O)C(O)C(O)C(O)C1O)OC(=O)CCCCCCCCCCC/C=C\CCCCCCCC. The van der Waals surface area contributed by atoms with Crippen molar-refractivity contribution in [2.24, 2.45) is 0 Å². The van der Waals surface area contributed by atoms with E-state index in [0.717, 1.165) is 77.0 Å². The first-order valence-electron chi connectivity index (χ1n) is 27.1. The molecular weight excluding hydrogens is 884 g/mol. The Morgan fingerprint density at radius 3 is 1.34 bits per heavy atom. The van der Waals surface area contributed by atoms with Gasteiger partial charge in [0.05, 0.1) is 13.2 Å². The molecule has 396 valence electrons. The van der Waals surface area contributed by atoms with Gasteiger partial charge in [-0.05, 0) is 77.0 Å². The molecule has 6 N–H and O–H groups in total. The number of esters is 1. The smallest absolute Gasteiger partial charge is 0.457 e. The number of unbranched alkanes of at least 4 members (excludes halogenated alkanes) is 24. The van der Waals surface area contributed by atoms with Crippen molar-refractivity contribution in [2.75, 3.05) is 19.8 Å². The summed E-state index contributed by atoms with van der Waals surface area (Å²) in [5.74, 6) is -0.481. The van der Waals surface area contributed by atoms with Crippen LogP contribution in [0.4, 0.5) is 0 Å². The summed E-state index contributed by atoms with van der Waals surface area (Å²) >= 11 is 0. The van der Waals surface area contributed by atoms with E-state index < -0.39 is 63.1 Å². The molecule has 6 atom stereocenters. The van der Waals surface area contributed by atoms with Gasteiger partial charge in [0.15, 0.2) is 0 Å². The molecule has 0 amide bonds. The van der Waals surface area contributed by atoms with E-state index in [0.29, 0.717) is 13.0 Å². The topological polar surface area (TPSA) is 192 Å². The monoisotopic (exact) mass is 983 g/mol. The molecule has 0 aromatic heterocycles. The van der Waals surface area contributed by atoms with Gasteiger partial charge in [-0.3, -0.25) is 13.8 Å². The zero-order valence-electron chi connectivity index (χ0n) is 42.6. The molecule has 0 aromatic rings. The highest BCUT2D eigenvalue weighted by atomic mass is 31.2. The lowest BCUT2D eigenvalue weighted by molar-refractivity contribution is -0.220. The van der Waals surface area contributed by atoms with Gasteiger partial charge < -0.3 is 39.9 Å². The molecule has 13 heteroatoms. The van der Waals surface area contributed by atoms with Crippen LogP contribution in [0.25, 0.3) is 0 Å². The van der Waals surface area contributed by atoms with E-state index in [-0.39, 0.29) is 13.0 Å². The highest BCUT2D eigenvalue weighted by Crippen LogP contribution is 2.47. The third-order valence-electron chi connectivity index (χ3n) is 12.4. The van der Waals surface area contributed by atoms with E-state index in [1.807, 2.05) is 0 Å². The van der Waals surface area contributed by atoms with Crippen molar-refractivity contribution in [3.05, 3.63) is 60.8 Å². The molecule has 0 spiro atoms. The average molecular weight is 983 g/mol. The predicted octanol–water partition coefficient (Wildman–Crippen LogP) is 12.5. The van der Waals surface area contributed by atoms with Crippen molar-refractivity contribution in [1.29, 1.82) is 0 Å². The summed E-state index contributed by atoms with van der Waals surface area (Å²) in [7, 11) is -5.03. The van der Waals surface area contributed by atoms with E-state index in [1.54, 1.807) is 0 Å². The fourth-order valence-electron chi connectivity index (χ4n) is 8.11. The summed E-state index contributed by atoms with van der Waals surface area (Å²) in [5, 5.41) is 50.4. The number of hydrogen-bond acceptors (Lipinski definition) is 11. The molecule has 0 radical (unpaired) electrons. The molecule has 1 aliphatic carbocycles. The maximum Gasteiger partial charge on any atom is 0.472 e. The Bertz CT molecular complexity index is 1350. The number of carbonyl (C=O) groups is 1. The molecule has 6 unspecified atom stereocenters. The van der Waals surface area contributed by atoms with Crippen molar-refractivity contribution in [2.45, 2.75) is 262 Å². The average Bonchev–Trinajstić information content (AvgIpc) is 3.32. The van der Waals surface area contributed by atoms with Gasteiger partial charge in [-0.2, -0.15) is 0 Å². The van der Waals surface area contributed by atoms with E-state index in [1.165, 1.54) is 116 Å². The molecule has 1 fully saturated rings. The molecule has 0 aliphatic heterocycles. The summed E-state index contributed by atoms with van der Waals surface area (Å²) in [5.41, 5.74) is 0. The zero-order chi connectivity index (χ0) is 49.8. The molecular formula is C55H99O12P. The minimum absolute atomic E-state index is 0.0829. The Balaban J connectivity index is 2.32. The Morgan fingerprint density at radius 2 is 0.868 bits per heavy atom. The Hall–Kier alpha value is -1.96. The summed E-state index contributed by atoms with van der Waals surface area (Å²) in [4.78, 5) is 23.3. The van der Waals surface area contributed by atoms with Gasteiger partial charge in [-0.1, -0.05) is 197 Å². The van der Waals surface area contributed by atoms with Crippen LogP contribution in [0.2, 0.25) is 0 Å². The van der Waals surface area contributed by atoms with Crippen molar-refractivity contribution in [3.63, 3.8) is 0 Å². The number of allylic oxidation sites excluding steroid dienone is 10. The fourth-order valence-corrected chi connectivity index (χ4v) is 9.08.